The quantitative estimate of drug-likeness (QED) is 0.0559. The van der Waals surface area contributed by atoms with Crippen molar-refractivity contribution in [1.82, 2.24) is 0 Å². The second-order valence-electron chi connectivity index (χ2n) is 28.5. The summed E-state index contributed by atoms with van der Waals surface area (Å²) in [6.45, 7) is 75.6. The second kappa shape index (κ2) is 26.6. The molecule has 0 spiro atoms. The fraction of sp³-hybridized carbons (Fsp3) is 1.00. The molecule has 0 aliphatic rings. The van der Waals surface area contributed by atoms with Gasteiger partial charge in [0.15, 0.2) is 0 Å². The molecule has 0 aromatic heterocycles. The van der Waals surface area contributed by atoms with Gasteiger partial charge < -0.3 is 83.7 Å². The summed E-state index contributed by atoms with van der Waals surface area (Å²) in [6.07, 6.45) is 0. The van der Waals surface area contributed by atoms with Crippen molar-refractivity contribution in [2.24, 2.45) is 0 Å². The van der Waals surface area contributed by atoms with Crippen LogP contribution in [0.5, 0.6) is 0 Å². The summed E-state index contributed by atoms with van der Waals surface area (Å²) >= 11 is 0. The van der Waals surface area contributed by atoms with E-state index in [0.29, 0.717) is 0 Å². The zero-order chi connectivity index (χ0) is 62.2. The lowest BCUT2D eigenvalue weighted by Crippen LogP contribution is -2.63. The molecule has 0 radical (unpaired) electrons. The molecule has 0 aromatic rings. The van der Waals surface area contributed by atoms with Gasteiger partial charge in [-0.15, -0.1) is 0 Å². The molecule has 0 heterocycles. The van der Waals surface area contributed by atoms with Crippen molar-refractivity contribution in [2.75, 3.05) is 0 Å². The predicted molar refractivity (Wildman–Crippen MR) is 356 cm³/mol. The van der Waals surface area contributed by atoms with E-state index in [1.54, 1.807) is 26.2 Å². The summed E-state index contributed by atoms with van der Waals surface area (Å²) in [5, 5.41) is 0. The zero-order valence-corrected chi connectivity index (χ0v) is 74.7. The highest BCUT2D eigenvalue weighted by Gasteiger charge is 2.54. The molecule has 464 valence electrons. The first-order chi connectivity index (χ1) is 32.7. The molecular weight excluding hydrogens is 1310 g/mol. The minimum atomic E-state index is -2.86. The molecule has 0 amide bonds. The van der Waals surface area contributed by atoms with Gasteiger partial charge in [0.25, 0.3) is 0 Å². The van der Waals surface area contributed by atoms with Crippen LogP contribution < -0.4 is 0 Å². The molecule has 20 nitrogen and oxygen atoms in total. The highest BCUT2D eigenvalue weighted by atomic mass is 28.6. The molecule has 39 heteroatoms. The Labute approximate surface area is 491 Å². The van der Waals surface area contributed by atoms with Crippen LogP contribution in [0.3, 0.4) is 0 Å². The van der Waals surface area contributed by atoms with Gasteiger partial charge >= 0.3 is 163 Å². The first-order valence-electron chi connectivity index (χ1n) is 26.8. The third-order valence-electron chi connectivity index (χ3n) is 8.86. The largest absolute Gasteiger partial charge is 0.416 e. The van der Waals surface area contributed by atoms with Crippen molar-refractivity contribution in [3.8, 4) is 0 Å². The van der Waals surface area contributed by atoms with Crippen LogP contribution in [0.25, 0.3) is 0 Å². The van der Waals surface area contributed by atoms with Crippen molar-refractivity contribution in [3.05, 3.63) is 0 Å². The standard InChI is InChI=1S/C38H116O20Si19/c1-59(2,39)41-61(5,6)43-63(9,10)45-65(13,14)47-67(17,18)49-69(21,22)51-71(25,26)53-73(29,30)55-75(33,34)57-77(37,38)58-76(35,36)56-74(31,32)54-72(27,28)52-70(23,24)50-68(19,20)48-66(15,16)46-64(11,12)44-62(7,8)42-60(3,4)40/h39-40H,1-38H3. The van der Waals surface area contributed by atoms with Gasteiger partial charge in [0.2, 0.25) is 0 Å². The normalized spacial score (nSPS) is 16.2. The van der Waals surface area contributed by atoms with Gasteiger partial charge in [-0.05, 0) is 249 Å². The molecule has 0 atom stereocenters. The second-order valence-corrected chi connectivity index (χ2v) is 96.6. The van der Waals surface area contributed by atoms with Gasteiger partial charge in [0.05, 0.1) is 0 Å². The van der Waals surface area contributed by atoms with Crippen molar-refractivity contribution < 1.29 is 83.7 Å². The fourth-order valence-electron chi connectivity index (χ4n) is 11.0. The van der Waals surface area contributed by atoms with E-state index in [0.717, 1.165) is 0 Å². The van der Waals surface area contributed by atoms with Gasteiger partial charge in [-0.1, -0.05) is 0 Å². The SMILES string of the molecule is C[Si](C)(O)O[Si](C)(C)O[Si](C)(C)O[Si](C)(C)O[Si](C)(C)O[Si](C)(C)O[Si](C)(C)O[Si](C)(C)O[Si](C)(C)O[Si](C)(C)O[Si](C)(C)O[Si](C)(C)O[Si](C)(C)O[Si](C)(C)O[Si](C)(C)O[Si](C)(C)O[Si](C)(C)O[Si](C)(C)O[Si](C)(C)O. The van der Waals surface area contributed by atoms with Crippen LogP contribution in [0.1, 0.15) is 0 Å². The maximum atomic E-state index is 10.4. The summed E-state index contributed by atoms with van der Waals surface area (Å²) in [5.74, 6) is 0. The Morgan fingerprint density at radius 3 is 0.221 bits per heavy atom. The van der Waals surface area contributed by atoms with Crippen LogP contribution in [-0.2, 0) is 74.1 Å². The minimum Gasteiger partial charge on any atom is -0.416 e. The summed E-state index contributed by atoms with van der Waals surface area (Å²) in [5.41, 5.74) is 0. The molecule has 0 aromatic carbocycles. The smallest absolute Gasteiger partial charge is 0.320 e. The molecule has 0 unspecified atom stereocenters. The highest BCUT2D eigenvalue weighted by Crippen LogP contribution is 2.34. The molecule has 0 fully saturated rings. The van der Waals surface area contributed by atoms with Crippen LogP contribution in [0.15, 0.2) is 0 Å². The van der Waals surface area contributed by atoms with E-state index < -0.39 is 163 Å². The Kier molecular flexibility index (Phi) is 27.7. The van der Waals surface area contributed by atoms with Crippen molar-refractivity contribution >= 4 is 163 Å². The summed E-state index contributed by atoms with van der Waals surface area (Å²) in [7, 11) is -53.1. The minimum absolute atomic E-state index is 1.74. The van der Waals surface area contributed by atoms with Gasteiger partial charge in [0, 0.05) is 0 Å². The lowest BCUT2D eigenvalue weighted by molar-refractivity contribution is 0.250. The Morgan fingerprint density at radius 1 is 0.117 bits per heavy atom. The maximum Gasteiger partial charge on any atom is 0.320 e. The molecule has 2 N–H and O–H groups in total. The number of rotatable bonds is 36. The first-order valence-corrected chi connectivity index (χ1v) is 80.4. The van der Waals surface area contributed by atoms with E-state index in [4.69, 9.17) is 74.1 Å². The van der Waals surface area contributed by atoms with Crippen LogP contribution in [0.2, 0.25) is 249 Å². The monoisotopic (exact) mass is 1420 g/mol. The van der Waals surface area contributed by atoms with Crippen molar-refractivity contribution in [3.63, 3.8) is 0 Å². The molecule has 0 aliphatic carbocycles. The van der Waals surface area contributed by atoms with Crippen LogP contribution in [0.4, 0.5) is 0 Å². The van der Waals surface area contributed by atoms with Gasteiger partial charge in [-0.3, -0.25) is 0 Å². The van der Waals surface area contributed by atoms with Crippen LogP contribution in [0, 0.1) is 0 Å². The summed E-state index contributed by atoms with van der Waals surface area (Å²) < 4.78 is 121. The summed E-state index contributed by atoms with van der Waals surface area (Å²) in [6, 6.07) is 0. The van der Waals surface area contributed by atoms with Gasteiger partial charge in [-0.25, -0.2) is 0 Å². The topological polar surface area (TPSA) is 207 Å². The molecule has 0 bridgehead atoms. The van der Waals surface area contributed by atoms with Crippen molar-refractivity contribution in [1.29, 1.82) is 0 Å². The Bertz CT molecular complexity index is 1760. The summed E-state index contributed by atoms with van der Waals surface area (Å²) in [4.78, 5) is 20.9. The molecular formula is C38H116O20Si19. The fourth-order valence-corrected chi connectivity index (χ4v) is 106. The average molecular weight is 1430 g/mol. The van der Waals surface area contributed by atoms with E-state index in [2.05, 4.69) is 0 Å². The molecule has 0 saturated carbocycles. The van der Waals surface area contributed by atoms with E-state index >= 15 is 0 Å². The zero-order valence-electron chi connectivity index (χ0n) is 55.7. The third kappa shape index (κ3) is 38.3. The Hall–Kier alpha value is 3.32. The maximum absolute atomic E-state index is 10.4. The van der Waals surface area contributed by atoms with E-state index in [-0.39, 0.29) is 0 Å². The Balaban J connectivity index is 5.80. The van der Waals surface area contributed by atoms with Gasteiger partial charge in [-0.2, -0.15) is 0 Å². The van der Waals surface area contributed by atoms with Crippen LogP contribution in [-0.4, -0.2) is 172 Å². The number of hydrogen-bond donors (Lipinski definition) is 2. The third-order valence-corrected chi connectivity index (χ3v) is 79.7. The average Bonchev–Trinajstić information content (AvgIpc) is 2.86. The first kappa shape index (κ1) is 80.3. The lowest BCUT2D eigenvalue weighted by Gasteiger charge is -2.45. The highest BCUT2D eigenvalue weighted by molar-refractivity contribution is 6.96. The molecule has 77 heavy (non-hydrogen) atoms. The predicted octanol–water partition coefficient (Wildman–Crippen LogP) is 12.6. The van der Waals surface area contributed by atoms with Gasteiger partial charge in [0.1, 0.15) is 0 Å². The van der Waals surface area contributed by atoms with Crippen LogP contribution >= 0.6 is 0 Å². The molecule has 0 saturated heterocycles. The Morgan fingerprint density at radius 2 is 0.169 bits per heavy atom. The molecule has 0 aliphatic heterocycles. The van der Waals surface area contributed by atoms with E-state index in [9.17, 15) is 9.59 Å². The molecule has 0 rings (SSSR count). The van der Waals surface area contributed by atoms with E-state index in [1.807, 2.05) is 223 Å². The van der Waals surface area contributed by atoms with E-state index in [1.165, 1.54) is 0 Å². The van der Waals surface area contributed by atoms with Crippen molar-refractivity contribution in [2.45, 2.75) is 249 Å². The number of hydrogen-bond acceptors (Lipinski definition) is 20. The lowest BCUT2D eigenvalue weighted by atomic mass is 11.9.